The first-order chi connectivity index (χ1) is 14.6. The van der Waals surface area contributed by atoms with Crippen molar-refractivity contribution in [2.45, 2.75) is 30.3 Å². The quantitative estimate of drug-likeness (QED) is 0.348. The molecule has 0 radical (unpaired) electrons. The van der Waals surface area contributed by atoms with E-state index in [9.17, 15) is 28.1 Å². The number of likely N-dealkylation sites (N-methyl/N-ethyl adjacent to an activating group) is 1. The Morgan fingerprint density at radius 3 is 2.23 bits per heavy atom. The molecule has 2 aromatic rings. The van der Waals surface area contributed by atoms with Gasteiger partial charge in [-0.2, -0.15) is 4.31 Å². The first kappa shape index (κ1) is 24.0. The van der Waals surface area contributed by atoms with Gasteiger partial charge in [0, 0.05) is 19.2 Å². The van der Waals surface area contributed by atoms with E-state index in [4.69, 9.17) is 0 Å². The zero-order valence-electron chi connectivity index (χ0n) is 17.2. The number of hydrogen-bond donors (Lipinski definition) is 1. The lowest BCUT2D eigenvalue weighted by Gasteiger charge is -2.27. The number of carbonyl (C=O) groups is 2. The van der Waals surface area contributed by atoms with E-state index in [1.165, 1.54) is 21.1 Å². The molecule has 0 aliphatic rings. The summed E-state index contributed by atoms with van der Waals surface area (Å²) >= 11 is 0. The molecular formula is C20H23N3O7S. The highest BCUT2D eigenvalue weighted by Gasteiger charge is 2.34. The molecule has 11 heteroatoms. The standard InChI is InChI=1S/C20H23N3O7S/c1-14(20(25)30-3)21-19(24)18(13-15-7-5-4-6-8-15)22(2)31(28,29)17-11-9-16(10-12-17)23(26)27/h4-12,14,18H,13H2,1-3H3,(H,21,24)/t14-,18-/m0/s1. The molecule has 0 aromatic heterocycles. The number of nitro benzene ring substituents is 1. The van der Waals surface area contributed by atoms with Gasteiger partial charge in [-0.1, -0.05) is 30.3 Å². The Labute approximate surface area is 180 Å². The molecule has 2 atom stereocenters. The van der Waals surface area contributed by atoms with Crippen LogP contribution in [0.2, 0.25) is 0 Å². The van der Waals surface area contributed by atoms with Gasteiger partial charge in [-0.3, -0.25) is 14.9 Å². The second-order valence-electron chi connectivity index (χ2n) is 6.73. The van der Waals surface area contributed by atoms with E-state index >= 15 is 0 Å². The molecule has 0 aliphatic carbocycles. The zero-order valence-corrected chi connectivity index (χ0v) is 18.0. The monoisotopic (exact) mass is 449 g/mol. The van der Waals surface area contributed by atoms with E-state index in [2.05, 4.69) is 10.1 Å². The van der Waals surface area contributed by atoms with Gasteiger partial charge in [-0.05, 0) is 31.0 Å². The Bertz CT molecular complexity index is 1040. The van der Waals surface area contributed by atoms with E-state index in [1.807, 2.05) is 0 Å². The van der Waals surface area contributed by atoms with Gasteiger partial charge >= 0.3 is 5.97 Å². The number of rotatable bonds is 9. The Hall–Kier alpha value is -3.31. The van der Waals surface area contributed by atoms with Crippen LogP contribution in [0, 0.1) is 10.1 Å². The number of ether oxygens (including phenoxy) is 1. The fourth-order valence-electron chi connectivity index (χ4n) is 2.84. The number of nitro groups is 1. The van der Waals surface area contributed by atoms with Gasteiger partial charge in [0.05, 0.1) is 16.9 Å². The van der Waals surface area contributed by atoms with Crippen molar-refractivity contribution in [2.75, 3.05) is 14.2 Å². The van der Waals surface area contributed by atoms with Crippen LogP contribution in [0.25, 0.3) is 0 Å². The van der Waals surface area contributed by atoms with E-state index in [0.717, 1.165) is 28.6 Å². The number of methoxy groups -OCH3 is 1. The summed E-state index contributed by atoms with van der Waals surface area (Å²) in [5, 5.41) is 13.3. The second-order valence-corrected chi connectivity index (χ2v) is 8.73. The number of hydrogen-bond acceptors (Lipinski definition) is 7. The topological polar surface area (TPSA) is 136 Å². The first-order valence-electron chi connectivity index (χ1n) is 9.22. The van der Waals surface area contributed by atoms with Crippen LogP contribution >= 0.6 is 0 Å². The van der Waals surface area contributed by atoms with Crippen molar-refractivity contribution in [3.8, 4) is 0 Å². The van der Waals surface area contributed by atoms with Crippen LogP contribution in [0.15, 0.2) is 59.5 Å². The number of carbonyl (C=O) groups excluding carboxylic acids is 2. The van der Waals surface area contributed by atoms with E-state index < -0.39 is 38.9 Å². The van der Waals surface area contributed by atoms with Crippen LogP contribution in [0.4, 0.5) is 5.69 Å². The predicted octanol–water partition coefficient (Wildman–Crippen LogP) is 1.50. The average molecular weight is 449 g/mol. The minimum atomic E-state index is -4.17. The molecular weight excluding hydrogens is 426 g/mol. The summed E-state index contributed by atoms with van der Waals surface area (Å²) < 4.78 is 31.7. The molecule has 0 saturated carbocycles. The number of nitrogens with one attached hydrogen (secondary N) is 1. The summed E-state index contributed by atoms with van der Waals surface area (Å²) in [6, 6.07) is 11.0. The minimum Gasteiger partial charge on any atom is -0.467 e. The van der Waals surface area contributed by atoms with Crippen molar-refractivity contribution in [3.63, 3.8) is 0 Å². The Balaban J connectivity index is 2.37. The fourth-order valence-corrected chi connectivity index (χ4v) is 4.16. The lowest BCUT2D eigenvalue weighted by atomic mass is 10.1. The van der Waals surface area contributed by atoms with Crippen LogP contribution in [0.3, 0.4) is 0 Å². The van der Waals surface area contributed by atoms with Gasteiger partial charge in [-0.25, -0.2) is 13.2 Å². The van der Waals surface area contributed by atoms with Crippen LogP contribution in [0.1, 0.15) is 12.5 Å². The third kappa shape index (κ3) is 5.86. The van der Waals surface area contributed by atoms with Crippen molar-refractivity contribution < 1.29 is 27.7 Å². The summed E-state index contributed by atoms with van der Waals surface area (Å²) in [7, 11) is -1.75. The summed E-state index contributed by atoms with van der Waals surface area (Å²) in [5.41, 5.74) is 0.450. The SMILES string of the molecule is COC(=O)[C@H](C)NC(=O)[C@H](Cc1ccccc1)N(C)S(=O)(=O)c1ccc([N+](=O)[O-])cc1. The van der Waals surface area contributed by atoms with Crippen LogP contribution in [-0.2, 0) is 30.8 Å². The highest BCUT2D eigenvalue weighted by molar-refractivity contribution is 7.89. The Morgan fingerprint density at radius 1 is 1.13 bits per heavy atom. The lowest BCUT2D eigenvalue weighted by molar-refractivity contribution is -0.384. The van der Waals surface area contributed by atoms with Crippen molar-refractivity contribution in [3.05, 3.63) is 70.3 Å². The smallest absolute Gasteiger partial charge is 0.328 e. The van der Waals surface area contributed by atoms with Gasteiger partial charge in [0.1, 0.15) is 12.1 Å². The average Bonchev–Trinajstić information content (AvgIpc) is 2.76. The zero-order chi connectivity index (χ0) is 23.2. The first-order valence-corrected chi connectivity index (χ1v) is 10.7. The van der Waals surface area contributed by atoms with Crippen molar-refractivity contribution in [1.82, 2.24) is 9.62 Å². The highest BCUT2D eigenvalue weighted by Crippen LogP contribution is 2.22. The summed E-state index contributed by atoms with van der Waals surface area (Å²) in [6.45, 7) is 1.42. The maximum atomic E-state index is 13.1. The van der Waals surface area contributed by atoms with E-state index in [-0.39, 0.29) is 17.0 Å². The molecule has 0 heterocycles. The lowest BCUT2D eigenvalue weighted by Crippen LogP contribution is -2.52. The molecule has 0 fully saturated rings. The highest BCUT2D eigenvalue weighted by atomic mass is 32.2. The number of benzene rings is 2. The van der Waals surface area contributed by atoms with Crippen molar-refractivity contribution in [1.29, 1.82) is 0 Å². The van der Waals surface area contributed by atoms with Gasteiger partial charge in [0.2, 0.25) is 15.9 Å². The van der Waals surface area contributed by atoms with Gasteiger partial charge in [0.15, 0.2) is 0 Å². The molecule has 2 rings (SSSR count). The maximum Gasteiger partial charge on any atom is 0.328 e. The minimum absolute atomic E-state index is 0.0449. The Kier molecular flexibility index (Phi) is 7.83. The van der Waals surface area contributed by atoms with Crippen molar-refractivity contribution >= 4 is 27.6 Å². The second kappa shape index (κ2) is 10.1. The third-order valence-electron chi connectivity index (χ3n) is 4.65. The number of nitrogens with zero attached hydrogens (tertiary/aromatic N) is 2. The molecule has 0 spiro atoms. The summed E-state index contributed by atoms with van der Waals surface area (Å²) in [6.07, 6.45) is 0.0449. The van der Waals surface area contributed by atoms with Crippen LogP contribution in [0.5, 0.6) is 0 Å². The molecule has 1 amide bonds. The molecule has 0 unspecified atom stereocenters. The molecule has 1 N–H and O–H groups in total. The largest absolute Gasteiger partial charge is 0.467 e. The number of non-ortho nitro benzene ring substituents is 1. The van der Waals surface area contributed by atoms with Crippen LogP contribution in [-0.4, -0.2) is 55.8 Å². The Morgan fingerprint density at radius 2 is 1.71 bits per heavy atom. The van der Waals surface area contributed by atoms with Gasteiger partial charge < -0.3 is 10.1 Å². The van der Waals surface area contributed by atoms with E-state index in [1.54, 1.807) is 30.3 Å². The van der Waals surface area contributed by atoms with E-state index in [0.29, 0.717) is 5.56 Å². The van der Waals surface area contributed by atoms with Gasteiger partial charge in [0.25, 0.3) is 5.69 Å². The summed E-state index contributed by atoms with van der Waals surface area (Å²) in [5.74, 6) is -1.36. The fraction of sp³-hybridized carbons (Fsp3) is 0.300. The van der Waals surface area contributed by atoms with Gasteiger partial charge in [-0.15, -0.1) is 0 Å². The predicted molar refractivity (Wildman–Crippen MR) is 112 cm³/mol. The number of amides is 1. The summed E-state index contributed by atoms with van der Waals surface area (Å²) in [4.78, 5) is 34.6. The molecule has 0 saturated heterocycles. The third-order valence-corrected chi connectivity index (χ3v) is 6.53. The van der Waals surface area contributed by atoms with Crippen LogP contribution < -0.4 is 5.32 Å². The number of sulfonamides is 1. The normalized spacial score (nSPS) is 13.3. The van der Waals surface area contributed by atoms with Crippen molar-refractivity contribution in [2.24, 2.45) is 0 Å². The molecule has 166 valence electrons. The number of esters is 1. The molecule has 2 aromatic carbocycles. The maximum absolute atomic E-state index is 13.1. The molecule has 0 bridgehead atoms. The molecule has 0 aliphatic heterocycles. The molecule has 31 heavy (non-hydrogen) atoms. The molecule has 10 nitrogen and oxygen atoms in total.